The summed E-state index contributed by atoms with van der Waals surface area (Å²) in [5, 5.41) is 13.2. The second-order valence-electron chi connectivity index (χ2n) is 18.2. The van der Waals surface area contributed by atoms with E-state index in [-0.39, 0.29) is 33.1 Å². The van der Waals surface area contributed by atoms with Gasteiger partial charge in [0.15, 0.2) is 0 Å². The number of fused-ring (bicyclic) bond motifs is 7. The van der Waals surface area contributed by atoms with Gasteiger partial charge in [0.05, 0.1) is 12.1 Å². The summed E-state index contributed by atoms with van der Waals surface area (Å²) < 4.78 is 0. The Morgan fingerprint density at radius 1 is 0.826 bits per heavy atom. The maximum absolute atomic E-state index is 13.7. The van der Waals surface area contributed by atoms with Crippen molar-refractivity contribution in [1.82, 2.24) is 10.2 Å². The van der Waals surface area contributed by atoms with E-state index in [1.165, 1.54) is 56.1 Å². The Labute approximate surface area is 279 Å². The summed E-state index contributed by atoms with van der Waals surface area (Å²) in [6, 6.07) is 8.30. The van der Waals surface area contributed by atoms with E-state index < -0.39 is 5.97 Å². The Morgan fingerprint density at radius 2 is 1.50 bits per heavy atom. The van der Waals surface area contributed by atoms with Crippen molar-refractivity contribution in [1.29, 1.82) is 0 Å². The van der Waals surface area contributed by atoms with Gasteiger partial charge in [0.2, 0.25) is 5.91 Å². The number of hydrogen-bond donors (Lipinski definition) is 2. The second kappa shape index (κ2) is 11.5. The number of carbonyl (C=O) groups is 2. The molecule has 8 atom stereocenters. The van der Waals surface area contributed by atoms with Crippen molar-refractivity contribution in [2.45, 2.75) is 144 Å². The Bertz CT molecular complexity index is 1370. The van der Waals surface area contributed by atoms with Gasteiger partial charge in [-0.1, -0.05) is 59.2 Å². The standard InChI is InChI=1S/C41H62N2O3/c1-26(2)43(27(3)4)25-35(44)42-41-20-10-11-32(41)31-16-17-34-38(7)21-18-30(28-12-14-29(15-13-28)36(45)46)37(5,6)33(38)19-22-40(34,9)39(31,8)23-24-41/h12-15,18,26-27,31-34H,10-11,16-17,19-25H2,1-9H3,(H,42,44)(H,45,46)/t31-,32?,33?,34?,38+,39-,40-,41+/m1/s1. The molecule has 0 aromatic heterocycles. The molecule has 6 rings (SSSR count). The first-order chi connectivity index (χ1) is 21.5. The number of benzene rings is 1. The van der Waals surface area contributed by atoms with E-state index in [4.69, 9.17) is 0 Å². The van der Waals surface area contributed by atoms with Crippen molar-refractivity contribution >= 4 is 17.4 Å². The third kappa shape index (κ3) is 4.95. The Kier molecular flexibility index (Phi) is 8.43. The lowest BCUT2D eigenvalue weighted by Crippen LogP contribution is -2.68. The minimum absolute atomic E-state index is 0.0220. The number of nitrogens with one attached hydrogen (secondary N) is 1. The highest BCUT2D eigenvalue weighted by Crippen LogP contribution is 2.76. The fourth-order valence-corrected chi connectivity index (χ4v) is 13.1. The van der Waals surface area contributed by atoms with Crippen molar-refractivity contribution in [3.05, 3.63) is 41.5 Å². The van der Waals surface area contributed by atoms with Crippen LogP contribution in [0.1, 0.15) is 142 Å². The molecule has 5 aliphatic rings. The summed E-state index contributed by atoms with van der Waals surface area (Å²) >= 11 is 0. The normalized spacial score (nSPS) is 39.7. The SMILES string of the molecule is CC(C)N(CC(=O)N[C@]12CCCC1[C@H]1CCC3[C@@]4(C)CC=C(c5ccc(C(=O)O)cc5)C(C)(C)C4CC[C@@]3(C)[C@]1(C)CC2)C(C)C. The van der Waals surface area contributed by atoms with Gasteiger partial charge in [-0.2, -0.15) is 0 Å². The van der Waals surface area contributed by atoms with Crippen molar-refractivity contribution < 1.29 is 14.7 Å². The number of nitrogens with zero attached hydrogens (tertiary/aromatic N) is 1. The van der Waals surface area contributed by atoms with Gasteiger partial charge in [-0.15, -0.1) is 0 Å². The predicted octanol–water partition coefficient (Wildman–Crippen LogP) is 9.22. The Balaban J connectivity index is 1.26. The van der Waals surface area contributed by atoms with Crippen LogP contribution in [0, 0.1) is 45.3 Å². The molecule has 1 aromatic rings. The molecular formula is C41H62N2O3. The van der Waals surface area contributed by atoms with Crippen LogP contribution in [-0.4, -0.2) is 46.1 Å². The molecule has 0 radical (unpaired) electrons. The monoisotopic (exact) mass is 630 g/mol. The highest BCUT2D eigenvalue weighted by Gasteiger charge is 2.69. The van der Waals surface area contributed by atoms with Gasteiger partial charge in [0, 0.05) is 17.6 Å². The van der Waals surface area contributed by atoms with Crippen LogP contribution in [0.15, 0.2) is 30.3 Å². The van der Waals surface area contributed by atoms with Gasteiger partial charge >= 0.3 is 5.97 Å². The van der Waals surface area contributed by atoms with Crippen molar-refractivity contribution in [3.8, 4) is 0 Å². The summed E-state index contributed by atoms with van der Waals surface area (Å²) in [7, 11) is 0. The molecule has 2 N–H and O–H groups in total. The predicted molar refractivity (Wildman–Crippen MR) is 187 cm³/mol. The molecule has 46 heavy (non-hydrogen) atoms. The number of hydrogen-bond acceptors (Lipinski definition) is 3. The van der Waals surface area contributed by atoms with E-state index in [2.05, 4.69) is 78.6 Å². The molecule has 5 nitrogen and oxygen atoms in total. The molecule has 4 fully saturated rings. The Morgan fingerprint density at radius 3 is 2.13 bits per heavy atom. The van der Waals surface area contributed by atoms with E-state index in [9.17, 15) is 14.7 Å². The van der Waals surface area contributed by atoms with Gasteiger partial charge in [-0.25, -0.2) is 4.79 Å². The number of aromatic carboxylic acids is 1. The van der Waals surface area contributed by atoms with Crippen LogP contribution in [0.5, 0.6) is 0 Å². The highest BCUT2D eigenvalue weighted by molar-refractivity contribution is 5.88. The van der Waals surface area contributed by atoms with Crippen LogP contribution in [0.3, 0.4) is 0 Å². The maximum Gasteiger partial charge on any atom is 0.335 e. The summed E-state index contributed by atoms with van der Waals surface area (Å²) in [5.41, 5.74) is 3.75. The van der Waals surface area contributed by atoms with Crippen LogP contribution in [0.25, 0.3) is 5.57 Å². The molecule has 0 bridgehead atoms. The second-order valence-corrected chi connectivity index (χ2v) is 18.2. The first-order valence-electron chi connectivity index (χ1n) is 18.6. The van der Waals surface area contributed by atoms with Gasteiger partial charge in [0.1, 0.15) is 0 Å². The molecule has 0 spiro atoms. The first kappa shape index (κ1) is 33.7. The van der Waals surface area contributed by atoms with Gasteiger partial charge in [0.25, 0.3) is 0 Å². The zero-order chi connectivity index (χ0) is 33.4. The van der Waals surface area contributed by atoms with E-state index >= 15 is 0 Å². The summed E-state index contributed by atoms with van der Waals surface area (Å²) in [4.78, 5) is 27.5. The van der Waals surface area contributed by atoms with E-state index in [1.807, 2.05) is 12.1 Å². The highest BCUT2D eigenvalue weighted by atomic mass is 16.4. The topological polar surface area (TPSA) is 69.6 Å². The lowest BCUT2D eigenvalue weighted by molar-refractivity contribution is -0.217. The number of carbonyl (C=O) groups excluding carboxylic acids is 1. The minimum Gasteiger partial charge on any atom is -0.478 e. The number of rotatable bonds is 7. The number of amides is 1. The van der Waals surface area contributed by atoms with Gasteiger partial charge < -0.3 is 10.4 Å². The number of carboxylic acids is 1. The molecule has 1 aromatic carbocycles. The molecule has 254 valence electrons. The van der Waals surface area contributed by atoms with Crippen molar-refractivity contribution in [2.24, 2.45) is 45.3 Å². The maximum atomic E-state index is 13.7. The van der Waals surface area contributed by atoms with Crippen LogP contribution in [0.2, 0.25) is 0 Å². The average molecular weight is 631 g/mol. The quantitative estimate of drug-likeness (QED) is 0.315. The van der Waals surface area contributed by atoms with Crippen LogP contribution in [-0.2, 0) is 4.79 Å². The molecule has 0 heterocycles. The fraction of sp³-hybridized carbons (Fsp3) is 0.756. The van der Waals surface area contributed by atoms with Gasteiger partial charge in [-0.3, -0.25) is 9.69 Å². The molecular weight excluding hydrogens is 568 g/mol. The zero-order valence-electron chi connectivity index (χ0n) is 30.3. The van der Waals surface area contributed by atoms with E-state index in [0.717, 1.165) is 19.3 Å². The average Bonchev–Trinajstić information content (AvgIpc) is 3.39. The number of allylic oxidation sites excluding steroid dienone is 2. The lowest BCUT2D eigenvalue weighted by atomic mass is 9.33. The zero-order valence-corrected chi connectivity index (χ0v) is 30.3. The fourth-order valence-electron chi connectivity index (χ4n) is 13.1. The molecule has 5 heteroatoms. The van der Waals surface area contributed by atoms with Crippen LogP contribution < -0.4 is 5.32 Å². The largest absolute Gasteiger partial charge is 0.478 e. The molecule has 4 saturated carbocycles. The number of carboxylic acid groups (broad SMARTS) is 1. The third-order valence-electron chi connectivity index (χ3n) is 15.4. The minimum atomic E-state index is -0.865. The Hall–Kier alpha value is -2.14. The smallest absolute Gasteiger partial charge is 0.335 e. The van der Waals surface area contributed by atoms with E-state index in [0.29, 0.717) is 47.9 Å². The van der Waals surface area contributed by atoms with Crippen LogP contribution >= 0.6 is 0 Å². The third-order valence-corrected chi connectivity index (χ3v) is 15.4. The molecule has 3 unspecified atom stereocenters. The van der Waals surface area contributed by atoms with Crippen molar-refractivity contribution in [2.75, 3.05) is 6.54 Å². The van der Waals surface area contributed by atoms with Crippen LogP contribution in [0.4, 0.5) is 0 Å². The lowest BCUT2D eigenvalue weighted by Gasteiger charge is -2.72. The molecule has 0 saturated heterocycles. The summed E-state index contributed by atoms with van der Waals surface area (Å²) in [6.07, 6.45) is 14.7. The van der Waals surface area contributed by atoms with E-state index in [1.54, 1.807) is 12.1 Å². The first-order valence-corrected chi connectivity index (χ1v) is 18.6. The molecule has 5 aliphatic carbocycles. The summed E-state index contributed by atoms with van der Waals surface area (Å²) in [5.74, 6) is 1.91. The van der Waals surface area contributed by atoms with Crippen molar-refractivity contribution in [3.63, 3.8) is 0 Å². The molecule has 0 aliphatic heterocycles. The molecule has 1 amide bonds. The van der Waals surface area contributed by atoms with Gasteiger partial charge in [-0.05, 0) is 154 Å². The summed E-state index contributed by atoms with van der Waals surface area (Å²) in [6.45, 7) is 22.2.